The molecule has 0 radical (unpaired) electrons. The van der Waals surface area contributed by atoms with Gasteiger partial charge in [0.2, 0.25) is 0 Å². The molecule has 3 nitrogen and oxygen atoms in total. The Kier molecular flexibility index (Phi) is 4.22. The molecule has 1 N–H and O–H groups in total. The number of nitrogens with zero attached hydrogens (tertiary/aromatic N) is 1. The van der Waals surface area contributed by atoms with Crippen LogP contribution in [0.5, 0.6) is 0 Å². The SMILES string of the molecule is O=C(N/N=C/c1ccc2ccccc2c1)c1sc2ccccc2c1Cl. The van der Waals surface area contributed by atoms with Crippen molar-refractivity contribution in [3.63, 3.8) is 0 Å². The summed E-state index contributed by atoms with van der Waals surface area (Å²) in [5.41, 5.74) is 3.47. The number of hydrogen-bond acceptors (Lipinski definition) is 3. The second kappa shape index (κ2) is 6.67. The first-order valence-electron chi connectivity index (χ1n) is 7.71. The summed E-state index contributed by atoms with van der Waals surface area (Å²) >= 11 is 7.67. The van der Waals surface area contributed by atoms with Crippen molar-refractivity contribution < 1.29 is 4.79 Å². The van der Waals surface area contributed by atoms with Gasteiger partial charge in [-0.05, 0) is 28.5 Å². The van der Waals surface area contributed by atoms with Crippen LogP contribution in [-0.4, -0.2) is 12.1 Å². The third-order valence-electron chi connectivity index (χ3n) is 3.89. The zero-order valence-electron chi connectivity index (χ0n) is 13.1. The van der Waals surface area contributed by atoms with E-state index in [-0.39, 0.29) is 5.91 Å². The van der Waals surface area contributed by atoms with Crippen LogP contribution in [0.4, 0.5) is 0 Å². The fraction of sp³-hybridized carbons (Fsp3) is 0. The molecule has 122 valence electrons. The van der Waals surface area contributed by atoms with Gasteiger partial charge < -0.3 is 0 Å². The van der Waals surface area contributed by atoms with Gasteiger partial charge >= 0.3 is 0 Å². The van der Waals surface area contributed by atoms with Gasteiger partial charge in [-0.2, -0.15) is 5.10 Å². The summed E-state index contributed by atoms with van der Waals surface area (Å²) in [5, 5.41) is 7.71. The lowest BCUT2D eigenvalue weighted by Crippen LogP contribution is -2.16. The first-order chi connectivity index (χ1) is 12.2. The number of halogens is 1. The second-order valence-corrected chi connectivity index (χ2v) is 6.98. The number of carbonyl (C=O) groups excluding carboxylic acids is 1. The number of thiophene rings is 1. The van der Waals surface area contributed by atoms with E-state index in [1.54, 1.807) is 6.21 Å². The largest absolute Gasteiger partial charge is 0.283 e. The molecule has 0 bridgehead atoms. The standard InChI is InChI=1S/C20H13ClN2OS/c21-18-16-7-3-4-8-17(16)25-19(18)20(24)23-22-12-13-9-10-14-5-1-2-6-15(14)11-13/h1-12H,(H,23,24)/b22-12+. The molecule has 25 heavy (non-hydrogen) atoms. The summed E-state index contributed by atoms with van der Waals surface area (Å²) < 4.78 is 0.983. The summed E-state index contributed by atoms with van der Waals surface area (Å²) in [5.74, 6) is -0.303. The van der Waals surface area contributed by atoms with Gasteiger partial charge in [0.1, 0.15) is 4.88 Å². The Morgan fingerprint density at radius 3 is 2.60 bits per heavy atom. The van der Waals surface area contributed by atoms with Gasteiger partial charge in [-0.15, -0.1) is 11.3 Å². The van der Waals surface area contributed by atoms with E-state index >= 15 is 0 Å². The Morgan fingerprint density at radius 2 is 1.76 bits per heavy atom. The summed E-state index contributed by atoms with van der Waals surface area (Å²) in [6.45, 7) is 0. The molecule has 0 saturated carbocycles. The van der Waals surface area contributed by atoms with E-state index in [1.165, 1.54) is 16.7 Å². The van der Waals surface area contributed by atoms with Crippen LogP contribution in [0.1, 0.15) is 15.2 Å². The van der Waals surface area contributed by atoms with Crippen molar-refractivity contribution in [3.8, 4) is 0 Å². The third kappa shape index (κ3) is 3.14. The Balaban J connectivity index is 1.53. The maximum atomic E-state index is 12.3. The predicted molar refractivity (Wildman–Crippen MR) is 106 cm³/mol. The van der Waals surface area contributed by atoms with E-state index in [9.17, 15) is 4.79 Å². The Hall–Kier alpha value is -2.69. The lowest BCUT2D eigenvalue weighted by atomic mass is 10.1. The molecule has 0 unspecified atom stereocenters. The van der Waals surface area contributed by atoms with Gasteiger partial charge in [-0.3, -0.25) is 4.79 Å². The van der Waals surface area contributed by atoms with Gasteiger partial charge in [0, 0.05) is 10.1 Å². The van der Waals surface area contributed by atoms with Crippen molar-refractivity contribution in [2.45, 2.75) is 0 Å². The van der Waals surface area contributed by atoms with Crippen LogP contribution in [0.15, 0.2) is 71.8 Å². The van der Waals surface area contributed by atoms with Gasteiger partial charge in [-0.25, -0.2) is 5.43 Å². The second-order valence-electron chi connectivity index (χ2n) is 5.55. The van der Waals surface area contributed by atoms with Gasteiger partial charge in [0.05, 0.1) is 11.2 Å². The average molecular weight is 365 g/mol. The highest BCUT2D eigenvalue weighted by molar-refractivity contribution is 7.21. The Morgan fingerprint density at radius 1 is 1.00 bits per heavy atom. The molecule has 0 atom stereocenters. The number of benzene rings is 3. The smallest absolute Gasteiger partial charge is 0.266 e. The summed E-state index contributed by atoms with van der Waals surface area (Å²) in [7, 11) is 0. The van der Waals surface area contributed by atoms with Crippen LogP contribution in [0.2, 0.25) is 5.02 Å². The summed E-state index contributed by atoms with van der Waals surface area (Å²) in [6.07, 6.45) is 1.63. The minimum absolute atomic E-state index is 0.303. The molecule has 0 aliphatic heterocycles. The molecule has 0 aliphatic rings. The van der Waals surface area contributed by atoms with Crippen LogP contribution in [0.3, 0.4) is 0 Å². The van der Waals surface area contributed by atoms with Crippen molar-refractivity contribution in [2.75, 3.05) is 0 Å². The van der Waals surface area contributed by atoms with Gasteiger partial charge in [0.15, 0.2) is 0 Å². The minimum Gasteiger partial charge on any atom is -0.266 e. The van der Waals surface area contributed by atoms with Crippen molar-refractivity contribution >= 4 is 55.9 Å². The first-order valence-corrected chi connectivity index (χ1v) is 8.91. The number of amides is 1. The molecule has 1 aromatic heterocycles. The monoisotopic (exact) mass is 364 g/mol. The van der Waals surface area contributed by atoms with Crippen LogP contribution in [0, 0.1) is 0 Å². The molecule has 4 rings (SSSR count). The van der Waals surface area contributed by atoms with Crippen molar-refractivity contribution in [3.05, 3.63) is 82.2 Å². The lowest BCUT2D eigenvalue weighted by Gasteiger charge is -2.00. The third-order valence-corrected chi connectivity index (χ3v) is 5.57. The molecule has 0 fully saturated rings. The van der Waals surface area contributed by atoms with Crippen LogP contribution in [-0.2, 0) is 0 Å². The maximum Gasteiger partial charge on any atom is 0.283 e. The normalized spacial score (nSPS) is 11.4. The highest BCUT2D eigenvalue weighted by Crippen LogP contribution is 2.34. The predicted octanol–water partition coefficient (Wildman–Crippen LogP) is 5.47. The quantitative estimate of drug-likeness (QED) is 0.380. The highest BCUT2D eigenvalue weighted by Gasteiger charge is 2.16. The lowest BCUT2D eigenvalue weighted by molar-refractivity contribution is 0.0959. The van der Waals surface area contributed by atoms with Crippen LogP contribution >= 0.6 is 22.9 Å². The van der Waals surface area contributed by atoms with Crippen LogP contribution in [0.25, 0.3) is 20.9 Å². The number of hydrazone groups is 1. The number of nitrogens with one attached hydrogen (secondary N) is 1. The molecule has 1 heterocycles. The fourth-order valence-electron chi connectivity index (χ4n) is 2.66. The number of rotatable bonds is 3. The molecule has 0 aliphatic carbocycles. The number of carbonyl (C=O) groups is 1. The number of hydrogen-bond donors (Lipinski definition) is 1. The molecular formula is C20H13ClN2OS. The zero-order chi connectivity index (χ0) is 17.2. The Labute approximate surface area is 153 Å². The van der Waals surface area contributed by atoms with E-state index in [0.29, 0.717) is 9.90 Å². The van der Waals surface area contributed by atoms with Gasteiger partial charge in [-0.1, -0.05) is 66.2 Å². The topological polar surface area (TPSA) is 41.5 Å². The van der Waals surface area contributed by atoms with Crippen molar-refractivity contribution in [1.82, 2.24) is 5.43 Å². The zero-order valence-corrected chi connectivity index (χ0v) is 14.6. The molecule has 0 saturated heterocycles. The van der Waals surface area contributed by atoms with Crippen molar-refractivity contribution in [1.29, 1.82) is 0 Å². The molecule has 0 spiro atoms. The minimum atomic E-state index is -0.303. The van der Waals surface area contributed by atoms with Crippen LogP contribution < -0.4 is 5.43 Å². The molecule has 5 heteroatoms. The van der Waals surface area contributed by atoms with E-state index in [2.05, 4.69) is 16.6 Å². The average Bonchev–Trinajstić information content (AvgIpc) is 2.99. The van der Waals surface area contributed by atoms with Crippen molar-refractivity contribution in [2.24, 2.45) is 5.10 Å². The molecule has 4 aromatic rings. The fourth-order valence-corrected chi connectivity index (χ4v) is 4.07. The Bertz CT molecular complexity index is 1120. The summed E-state index contributed by atoms with van der Waals surface area (Å²) in [4.78, 5) is 12.8. The van der Waals surface area contributed by atoms with Gasteiger partial charge in [0.25, 0.3) is 5.91 Å². The maximum absolute atomic E-state index is 12.3. The van der Waals surface area contributed by atoms with E-state index < -0.39 is 0 Å². The number of fused-ring (bicyclic) bond motifs is 2. The summed E-state index contributed by atoms with van der Waals surface area (Å²) in [6, 6.07) is 21.8. The van der Waals surface area contributed by atoms with E-state index in [1.807, 2.05) is 60.7 Å². The molecule has 3 aromatic carbocycles. The first kappa shape index (κ1) is 15.8. The molecular weight excluding hydrogens is 352 g/mol. The van der Waals surface area contributed by atoms with E-state index in [0.717, 1.165) is 21.0 Å². The molecule has 1 amide bonds. The highest BCUT2D eigenvalue weighted by atomic mass is 35.5. The van der Waals surface area contributed by atoms with E-state index in [4.69, 9.17) is 11.6 Å².